The number of aliphatic hydroxyl groups is 1. The van der Waals surface area contributed by atoms with Gasteiger partial charge in [-0.15, -0.1) is 11.3 Å². The van der Waals surface area contributed by atoms with Crippen molar-refractivity contribution in [1.82, 2.24) is 0 Å². The number of hydrogen-bond donors (Lipinski definition) is 1. The first-order valence-electron chi connectivity index (χ1n) is 7.20. The summed E-state index contributed by atoms with van der Waals surface area (Å²) in [5.74, 6) is 0.887. The average molecular weight is 296 g/mol. The summed E-state index contributed by atoms with van der Waals surface area (Å²) < 4.78 is 7.24. The first-order chi connectivity index (χ1) is 10.3. The van der Waals surface area contributed by atoms with E-state index in [2.05, 4.69) is 35.7 Å². The normalized spacial score (nSPS) is 17.1. The second kappa shape index (κ2) is 5.17. The monoisotopic (exact) mass is 296 g/mol. The minimum absolute atomic E-state index is 0.296. The van der Waals surface area contributed by atoms with Crippen molar-refractivity contribution in [3.63, 3.8) is 0 Å². The molecule has 1 N–H and O–H groups in total. The predicted molar refractivity (Wildman–Crippen MR) is 85.9 cm³/mol. The molecule has 0 fully saturated rings. The summed E-state index contributed by atoms with van der Waals surface area (Å²) in [4.78, 5) is 0. The van der Waals surface area contributed by atoms with Gasteiger partial charge in [-0.05, 0) is 52.9 Å². The van der Waals surface area contributed by atoms with Crippen LogP contribution in [-0.2, 0) is 13.0 Å². The largest absolute Gasteiger partial charge is 0.489 e. The molecule has 4 rings (SSSR count). The molecule has 3 heteroatoms. The van der Waals surface area contributed by atoms with Crippen molar-refractivity contribution in [3.05, 3.63) is 64.5 Å². The van der Waals surface area contributed by atoms with Crippen LogP contribution < -0.4 is 4.74 Å². The number of aliphatic hydroxyl groups excluding tert-OH is 1. The summed E-state index contributed by atoms with van der Waals surface area (Å²) in [7, 11) is 0. The molecule has 0 radical (unpaired) electrons. The Morgan fingerprint density at radius 1 is 1.19 bits per heavy atom. The minimum atomic E-state index is -0.296. The fraction of sp³-hybridized carbons (Fsp3) is 0.222. The lowest BCUT2D eigenvalue weighted by atomic mass is 10.1. The Bertz CT molecular complexity index is 791. The van der Waals surface area contributed by atoms with Crippen molar-refractivity contribution in [3.8, 4) is 5.75 Å². The van der Waals surface area contributed by atoms with Gasteiger partial charge in [0.15, 0.2) is 0 Å². The number of rotatable bonds is 3. The molecule has 1 atom stereocenters. The van der Waals surface area contributed by atoms with Crippen molar-refractivity contribution in [2.45, 2.75) is 25.6 Å². The number of fused-ring (bicyclic) bond motifs is 2. The standard InChI is InChI=1S/C18H16O2S/c19-17-8-5-12-9-14(6-7-15(12)17)20-10-13-11-21-18-4-2-1-3-16(13)18/h1-4,6-7,9,11,17,19H,5,8,10H2/t17-/m0/s1. The first kappa shape index (κ1) is 12.9. The molecule has 0 spiro atoms. The maximum absolute atomic E-state index is 9.83. The number of thiophene rings is 1. The van der Waals surface area contributed by atoms with Gasteiger partial charge in [0.25, 0.3) is 0 Å². The highest BCUT2D eigenvalue weighted by atomic mass is 32.1. The topological polar surface area (TPSA) is 29.5 Å². The third kappa shape index (κ3) is 2.33. The zero-order valence-corrected chi connectivity index (χ0v) is 12.4. The predicted octanol–water partition coefficient (Wildman–Crippen LogP) is 4.46. The molecule has 0 unspecified atom stereocenters. The van der Waals surface area contributed by atoms with Crippen LogP contribution in [0.15, 0.2) is 47.8 Å². The zero-order valence-electron chi connectivity index (χ0n) is 11.6. The van der Waals surface area contributed by atoms with E-state index < -0.39 is 0 Å². The fourth-order valence-corrected chi connectivity index (χ4v) is 3.91. The average Bonchev–Trinajstić information content (AvgIpc) is 3.09. The lowest BCUT2D eigenvalue weighted by Gasteiger charge is -2.09. The summed E-state index contributed by atoms with van der Waals surface area (Å²) in [6.45, 7) is 0.589. The van der Waals surface area contributed by atoms with Gasteiger partial charge >= 0.3 is 0 Å². The number of hydrogen-bond acceptors (Lipinski definition) is 3. The van der Waals surface area contributed by atoms with Crippen LogP contribution in [0.4, 0.5) is 0 Å². The van der Waals surface area contributed by atoms with Crippen molar-refractivity contribution < 1.29 is 9.84 Å². The number of aryl methyl sites for hydroxylation is 1. The van der Waals surface area contributed by atoms with Crippen molar-refractivity contribution in [1.29, 1.82) is 0 Å². The van der Waals surface area contributed by atoms with Crippen LogP contribution in [0.25, 0.3) is 10.1 Å². The molecule has 3 aromatic rings. The molecule has 1 aromatic heterocycles. The SMILES string of the molecule is O[C@H]1CCc2cc(OCc3csc4ccccc34)ccc21. The molecule has 0 aliphatic heterocycles. The Kier molecular flexibility index (Phi) is 3.17. The molecular formula is C18H16O2S. The van der Waals surface area contributed by atoms with E-state index in [1.807, 2.05) is 12.1 Å². The van der Waals surface area contributed by atoms with Gasteiger partial charge < -0.3 is 9.84 Å². The summed E-state index contributed by atoms with van der Waals surface area (Å²) in [5, 5.41) is 13.3. The van der Waals surface area contributed by atoms with E-state index in [1.54, 1.807) is 11.3 Å². The van der Waals surface area contributed by atoms with Crippen molar-refractivity contribution in [2.24, 2.45) is 0 Å². The van der Waals surface area contributed by atoms with Gasteiger partial charge in [0.1, 0.15) is 12.4 Å². The smallest absolute Gasteiger partial charge is 0.120 e. The van der Waals surface area contributed by atoms with Crippen molar-refractivity contribution >= 4 is 21.4 Å². The van der Waals surface area contributed by atoms with E-state index in [0.29, 0.717) is 6.61 Å². The molecular weight excluding hydrogens is 280 g/mol. The Balaban J connectivity index is 1.55. The zero-order chi connectivity index (χ0) is 14.2. The third-order valence-electron chi connectivity index (χ3n) is 4.12. The van der Waals surface area contributed by atoms with Gasteiger partial charge in [0.2, 0.25) is 0 Å². The van der Waals surface area contributed by atoms with E-state index in [4.69, 9.17) is 4.74 Å². The highest BCUT2D eigenvalue weighted by Crippen LogP contribution is 2.34. The summed E-state index contributed by atoms with van der Waals surface area (Å²) >= 11 is 1.76. The minimum Gasteiger partial charge on any atom is -0.489 e. The Hall–Kier alpha value is -1.84. The Morgan fingerprint density at radius 3 is 3.05 bits per heavy atom. The molecule has 0 bridgehead atoms. The van der Waals surface area contributed by atoms with Crippen molar-refractivity contribution in [2.75, 3.05) is 0 Å². The van der Waals surface area contributed by atoms with Gasteiger partial charge in [-0.25, -0.2) is 0 Å². The van der Waals surface area contributed by atoms with Crippen LogP contribution in [0.2, 0.25) is 0 Å². The molecule has 0 saturated heterocycles. The highest BCUT2D eigenvalue weighted by molar-refractivity contribution is 7.17. The fourth-order valence-electron chi connectivity index (χ4n) is 2.97. The lowest BCUT2D eigenvalue weighted by molar-refractivity contribution is 0.180. The van der Waals surface area contributed by atoms with Crippen LogP contribution in [0.5, 0.6) is 5.75 Å². The van der Waals surface area contributed by atoms with E-state index in [-0.39, 0.29) is 6.10 Å². The second-order valence-corrected chi connectivity index (χ2v) is 6.37. The van der Waals surface area contributed by atoms with Crippen LogP contribution in [-0.4, -0.2) is 5.11 Å². The molecule has 1 aliphatic rings. The van der Waals surface area contributed by atoms with Gasteiger partial charge in [0, 0.05) is 10.3 Å². The molecule has 2 aromatic carbocycles. The molecule has 0 amide bonds. The maximum Gasteiger partial charge on any atom is 0.120 e. The molecule has 21 heavy (non-hydrogen) atoms. The molecule has 106 valence electrons. The maximum atomic E-state index is 9.83. The van der Waals surface area contributed by atoms with E-state index in [0.717, 1.165) is 24.2 Å². The van der Waals surface area contributed by atoms with Crippen LogP contribution in [0, 0.1) is 0 Å². The van der Waals surface area contributed by atoms with Crippen LogP contribution in [0.3, 0.4) is 0 Å². The lowest BCUT2D eigenvalue weighted by Crippen LogP contribution is -1.96. The Morgan fingerprint density at radius 2 is 2.10 bits per heavy atom. The van der Waals surface area contributed by atoms with Gasteiger partial charge in [0.05, 0.1) is 6.10 Å². The quantitative estimate of drug-likeness (QED) is 0.773. The van der Waals surface area contributed by atoms with E-state index in [9.17, 15) is 5.11 Å². The second-order valence-electron chi connectivity index (χ2n) is 5.46. The summed E-state index contributed by atoms with van der Waals surface area (Å²) in [5.41, 5.74) is 3.51. The van der Waals surface area contributed by atoms with Crippen LogP contribution in [0.1, 0.15) is 29.2 Å². The summed E-state index contributed by atoms with van der Waals surface area (Å²) in [6, 6.07) is 14.4. The molecule has 0 saturated carbocycles. The number of benzene rings is 2. The molecule has 1 heterocycles. The molecule has 2 nitrogen and oxygen atoms in total. The molecule has 1 aliphatic carbocycles. The number of ether oxygens (including phenoxy) is 1. The highest BCUT2D eigenvalue weighted by Gasteiger charge is 2.20. The third-order valence-corrected chi connectivity index (χ3v) is 5.13. The van der Waals surface area contributed by atoms with E-state index >= 15 is 0 Å². The summed E-state index contributed by atoms with van der Waals surface area (Å²) in [6.07, 6.45) is 1.47. The van der Waals surface area contributed by atoms with Gasteiger partial charge in [-0.2, -0.15) is 0 Å². The van der Waals surface area contributed by atoms with Gasteiger partial charge in [-0.3, -0.25) is 0 Å². The van der Waals surface area contributed by atoms with E-state index in [1.165, 1.54) is 21.2 Å². The Labute approximate surface area is 127 Å². The van der Waals surface area contributed by atoms with Crippen LogP contribution >= 0.6 is 11.3 Å². The first-order valence-corrected chi connectivity index (χ1v) is 8.08. The van der Waals surface area contributed by atoms with Gasteiger partial charge in [-0.1, -0.05) is 24.3 Å².